The molecule has 2 heterocycles. The van der Waals surface area contributed by atoms with Crippen LogP contribution in [0, 0.1) is 0 Å². The van der Waals surface area contributed by atoms with Gasteiger partial charge in [-0.15, -0.1) is 0 Å². The van der Waals surface area contributed by atoms with Gasteiger partial charge in [-0.2, -0.15) is 0 Å². The minimum Gasteiger partial charge on any atom is -0.459 e. The molecule has 1 aliphatic rings. The largest absolute Gasteiger partial charge is 0.459 e. The Hall–Kier alpha value is -1.29. The summed E-state index contributed by atoms with van der Waals surface area (Å²) in [6, 6.07) is 3.64. The molecule has 2 N–H and O–H groups in total. The molecule has 2 rings (SSSR count). The van der Waals surface area contributed by atoms with Crippen molar-refractivity contribution in [2.24, 2.45) is 0 Å². The average molecular weight is 265 g/mol. The molecule has 0 aliphatic carbocycles. The van der Waals surface area contributed by atoms with Crippen molar-refractivity contribution >= 4 is 5.91 Å². The molecule has 4 heteroatoms. The number of hydrogen-bond acceptors (Lipinski definition) is 2. The molecule has 1 fully saturated rings. The van der Waals surface area contributed by atoms with Gasteiger partial charge in [-0.3, -0.25) is 4.79 Å². The molecule has 0 bridgehead atoms. The Morgan fingerprint density at radius 2 is 1.89 bits per heavy atom. The maximum absolute atomic E-state index is 12.1. The van der Waals surface area contributed by atoms with E-state index in [-0.39, 0.29) is 23.0 Å². The average Bonchev–Trinajstić information content (AvgIpc) is 2.78. The second-order valence-electron chi connectivity index (χ2n) is 6.95. The summed E-state index contributed by atoms with van der Waals surface area (Å²) < 4.78 is 5.14. The Morgan fingerprint density at radius 3 is 2.37 bits per heavy atom. The molecule has 1 amide bonds. The number of nitrogens with one attached hydrogen (secondary N) is 2. The number of quaternary nitrogens is 1. The summed E-state index contributed by atoms with van der Waals surface area (Å²) in [7, 11) is 2.24. The fraction of sp³-hybridized carbons (Fsp3) is 0.667. The number of carbonyl (C=O) groups is 1. The number of carbonyl (C=O) groups excluding carboxylic acids is 1. The fourth-order valence-electron chi connectivity index (χ4n) is 3.29. The number of rotatable bonds is 2. The van der Waals surface area contributed by atoms with Crippen LogP contribution in [0.5, 0.6) is 0 Å². The lowest BCUT2D eigenvalue weighted by atomic mass is 9.77. The standard InChI is InChI=1S/C15H24N2O2/c1-14(2)9-11(10-15(3,4)17(14)5)16-13(18)12-7-6-8-19-12/h6-8,11H,9-10H2,1-5H3,(H,16,18)/p+1. The van der Waals surface area contributed by atoms with Crippen molar-refractivity contribution in [2.45, 2.75) is 57.7 Å². The van der Waals surface area contributed by atoms with Gasteiger partial charge in [-0.1, -0.05) is 0 Å². The van der Waals surface area contributed by atoms with Crippen molar-refractivity contribution in [1.29, 1.82) is 0 Å². The minimum atomic E-state index is -0.110. The first-order chi connectivity index (χ1) is 8.72. The lowest BCUT2D eigenvalue weighted by molar-refractivity contribution is -0.982. The molecule has 4 nitrogen and oxygen atoms in total. The van der Waals surface area contributed by atoms with Crippen LogP contribution in [0.4, 0.5) is 0 Å². The van der Waals surface area contributed by atoms with Crippen molar-refractivity contribution in [3.63, 3.8) is 0 Å². The molecule has 1 aliphatic heterocycles. The molecule has 0 radical (unpaired) electrons. The summed E-state index contributed by atoms with van der Waals surface area (Å²) in [5.74, 6) is 0.281. The third-order valence-corrected chi connectivity index (χ3v) is 4.62. The Morgan fingerprint density at radius 1 is 1.32 bits per heavy atom. The summed E-state index contributed by atoms with van der Waals surface area (Å²) in [5, 5.41) is 3.11. The van der Waals surface area contributed by atoms with Gasteiger partial charge >= 0.3 is 0 Å². The fourth-order valence-corrected chi connectivity index (χ4v) is 3.29. The molecule has 106 valence electrons. The third kappa shape index (κ3) is 2.84. The van der Waals surface area contributed by atoms with Gasteiger partial charge in [0, 0.05) is 18.9 Å². The van der Waals surface area contributed by atoms with Gasteiger partial charge in [-0.25, -0.2) is 0 Å². The predicted octanol–water partition coefficient (Wildman–Crippen LogP) is 1.24. The molecular weight excluding hydrogens is 240 g/mol. The van der Waals surface area contributed by atoms with Crippen molar-refractivity contribution in [1.82, 2.24) is 5.32 Å². The summed E-state index contributed by atoms with van der Waals surface area (Å²) in [4.78, 5) is 13.6. The molecule has 0 atom stereocenters. The highest BCUT2D eigenvalue weighted by molar-refractivity contribution is 5.91. The van der Waals surface area contributed by atoms with Crippen LogP contribution < -0.4 is 10.2 Å². The van der Waals surface area contributed by atoms with E-state index in [0.717, 1.165) is 12.8 Å². The number of hydrogen-bond donors (Lipinski definition) is 2. The first-order valence-corrected chi connectivity index (χ1v) is 6.91. The van der Waals surface area contributed by atoms with Gasteiger partial charge in [0.05, 0.1) is 24.4 Å². The normalized spacial score (nSPS) is 28.9. The molecular formula is C15H25N2O2+. The number of likely N-dealkylation sites (tertiary alicyclic amines) is 1. The van der Waals surface area contributed by atoms with E-state index < -0.39 is 0 Å². The lowest BCUT2D eigenvalue weighted by Gasteiger charge is -2.50. The van der Waals surface area contributed by atoms with Crippen molar-refractivity contribution < 1.29 is 14.1 Å². The predicted molar refractivity (Wildman–Crippen MR) is 74.2 cm³/mol. The Balaban J connectivity index is 2.08. The molecule has 1 aromatic rings. The van der Waals surface area contributed by atoms with E-state index in [0.29, 0.717) is 5.76 Å². The first kappa shape index (κ1) is 14.1. The highest BCUT2D eigenvalue weighted by Gasteiger charge is 2.47. The molecule has 1 aromatic heterocycles. The molecule has 0 unspecified atom stereocenters. The molecule has 19 heavy (non-hydrogen) atoms. The molecule has 0 aromatic carbocycles. The molecule has 0 spiro atoms. The summed E-state index contributed by atoms with van der Waals surface area (Å²) in [6.07, 6.45) is 3.49. The van der Waals surface area contributed by atoms with Crippen LogP contribution in [0.2, 0.25) is 0 Å². The number of furan rings is 1. The van der Waals surface area contributed by atoms with Gasteiger partial charge in [0.2, 0.25) is 0 Å². The number of amides is 1. The van der Waals surface area contributed by atoms with Gasteiger partial charge in [-0.05, 0) is 39.8 Å². The van der Waals surface area contributed by atoms with E-state index in [2.05, 4.69) is 40.1 Å². The highest BCUT2D eigenvalue weighted by Crippen LogP contribution is 2.23. The second kappa shape index (κ2) is 4.67. The minimum absolute atomic E-state index is 0.110. The zero-order chi connectivity index (χ0) is 14.3. The third-order valence-electron chi connectivity index (χ3n) is 4.62. The van der Waals surface area contributed by atoms with E-state index in [9.17, 15) is 4.79 Å². The van der Waals surface area contributed by atoms with E-state index in [1.165, 1.54) is 11.2 Å². The topological polar surface area (TPSA) is 46.7 Å². The zero-order valence-corrected chi connectivity index (χ0v) is 12.5. The van der Waals surface area contributed by atoms with Gasteiger partial charge in [0.15, 0.2) is 5.76 Å². The second-order valence-corrected chi connectivity index (χ2v) is 6.95. The van der Waals surface area contributed by atoms with E-state index in [1.807, 2.05) is 0 Å². The van der Waals surface area contributed by atoms with Crippen molar-refractivity contribution in [2.75, 3.05) is 7.05 Å². The van der Waals surface area contributed by atoms with E-state index in [4.69, 9.17) is 4.42 Å². The van der Waals surface area contributed by atoms with Crippen LogP contribution in [0.3, 0.4) is 0 Å². The summed E-state index contributed by atoms with van der Waals surface area (Å²) in [5.41, 5.74) is 0.311. The Bertz CT molecular complexity index is 431. The van der Waals surface area contributed by atoms with Crippen molar-refractivity contribution in [3.8, 4) is 0 Å². The first-order valence-electron chi connectivity index (χ1n) is 6.91. The summed E-state index contributed by atoms with van der Waals surface area (Å²) in [6.45, 7) is 9.04. The SMILES string of the molecule is C[NH+]1C(C)(C)CC(NC(=O)c2ccco2)CC1(C)C. The summed E-state index contributed by atoms with van der Waals surface area (Å²) >= 11 is 0. The quantitative estimate of drug-likeness (QED) is 0.845. The van der Waals surface area contributed by atoms with E-state index >= 15 is 0 Å². The maximum atomic E-state index is 12.1. The maximum Gasteiger partial charge on any atom is 0.287 e. The Labute approximate surface area is 115 Å². The monoisotopic (exact) mass is 265 g/mol. The number of piperidine rings is 1. The van der Waals surface area contributed by atoms with Crippen LogP contribution in [-0.2, 0) is 0 Å². The van der Waals surface area contributed by atoms with Crippen LogP contribution in [-0.4, -0.2) is 30.1 Å². The van der Waals surface area contributed by atoms with Gasteiger partial charge in [0.25, 0.3) is 5.91 Å². The smallest absolute Gasteiger partial charge is 0.287 e. The van der Waals surface area contributed by atoms with Crippen LogP contribution in [0.25, 0.3) is 0 Å². The highest BCUT2D eigenvalue weighted by atomic mass is 16.3. The molecule has 0 saturated carbocycles. The van der Waals surface area contributed by atoms with E-state index in [1.54, 1.807) is 12.1 Å². The van der Waals surface area contributed by atoms with Gasteiger partial charge < -0.3 is 14.6 Å². The van der Waals surface area contributed by atoms with Gasteiger partial charge in [0.1, 0.15) is 0 Å². The zero-order valence-electron chi connectivity index (χ0n) is 12.5. The van der Waals surface area contributed by atoms with Crippen LogP contribution >= 0.6 is 0 Å². The van der Waals surface area contributed by atoms with Crippen LogP contribution in [0.1, 0.15) is 51.1 Å². The lowest BCUT2D eigenvalue weighted by Crippen LogP contribution is -3.24. The molecule has 1 saturated heterocycles. The van der Waals surface area contributed by atoms with Crippen LogP contribution in [0.15, 0.2) is 22.8 Å². The Kier molecular flexibility index (Phi) is 3.47. The van der Waals surface area contributed by atoms with Crippen molar-refractivity contribution in [3.05, 3.63) is 24.2 Å².